The molecule has 0 aliphatic rings. The summed E-state index contributed by atoms with van der Waals surface area (Å²) in [5.74, 6) is -0.996. The summed E-state index contributed by atoms with van der Waals surface area (Å²) in [4.78, 5) is 28.0. The first-order chi connectivity index (χ1) is 12.2. The molecule has 1 aromatic carbocycles. The number of halogens is 1. The Morgan fingerprint density at radius 3 is 2.54 bits per heavy atom. The molecule has 0 aliphatic carbocycles. The Balaban J connectivity index is 2.24. The number of hydroxylamine groups is 1. The van der Waals surface area contributed by atoms with Gasteiger partial charge in [-0.2, -0.15) is 5.48 Å². The topological polar surface area (TPSA) is 96.9 Å². The van der Waals surface area contributed by atoms with Gasteiger partial charge in [-0.3, -0.25) is 9.63 Å². The van der Waals surface area contributed by atoms with Crippen LogP contribution in [0.1, 0.15) is 45.6 Å². The molecule has 8 heteroatoms. The van der Waals surface area contributed by atoms with Gasteiger partial charge in [0.15, 0.2) is 0 Å². The molecule has 0 radical (unpaired) electrons. The van der Waals surface area contributed by atoms with Crippen molar-refractivity contribution in [2.75, 3.05) is 6.54 Å². The molecule has 0 saturated heterocycles. The minimum absolute atomic E-state index is 0.170. The number of amides is 1. The Morgan fingerprint density at radius 1 is 1.23 bits per heavy atom. The number of rotatable bonds is 10. The van der Waals surface area contributed by atoms with Gasteiger partial charge < -0.3 is 15.2 Å². The number of aliphatic carboxylic acids is 1. The molecule has 26 heavy (non-hydrogen) atoms. The highest BCUT2D eigenvalue weighted by molar-refractivity contribution is 6.31. The first-order valence-electron chi connectivity index (χ1n) is 8.49. The number of unbranched alkanes of at least 4 members (excludes halogenated alkanes) is 1. The molecule has 0 unspecified atom stereocenters. The molecule has 0 fully saturated rings. The maximum atomic E-state index is 11.5. The van der Waals surface area contributed by atoms with Crippen LogP contribution in [0.3, 0.4) is 0 Å². The Labute approximate surface area is 159 Å². The van der Waals surface area contributed by atoms with Gasteiger partial charge in [0.25, 0.3) is 0 Å². The summed E-state index contributed by atoms with van der Waals surface area (Å²) in [5.41, 5.74) is 2.79. The third-order valence-electron chi connectivity index (χ3n) is 3.30. The molecule has 0 aromatic heterocycles. The zero-order valence-corrected chi connectivity index (χ0v) is 16.1. The smallest absolute Gasteiger partial charge is 0.407 e. The van der Waals surface area contributed by atoms with E-state index in [1.54, 1.807) is 26.8 Å². The van der Waals surface area contributed by atoms with Gasteiger partial charge in [-0.05, 0) is 51.7 Å². The molecule has 1 rings (SSSR count). The summed E-state index contributed by atoms with van der Waals surface area (Å²) in [5, 5.41) is 12.4. The second kappa shape index (κ2) is 11.0. The third-order valence-corrected chi connectivity index (χ3v) is 3.67. The Kier molecular flexibility index (Phi) is 9.40. The molecule has 3 N–H and O–H groups in total. The van der Waals surface area contributed by atoms with E-state index in [-0.39, 0.29) is 6.61 Å². The highest BCUT2D eigenvalue weighted by atomic mass is 35.5. The number of hydrogen-bond donors (Lipinski definition) is 3. The molecule has 1 aromatic rings. The number of alkyl carbamates (subject to hydrolysis) is 1. The lowest BCUT2D eigenvalue weighted by atomic mass is 10.1. The van der Waals surface area contributed by atoms with Crippen molar-refractivity contribution in [3.8, 4) is 0 Å². The van der Waals surface area contributed by atoms with Gasteiger partial charge in [0.1, 0.15) is 11.6 Å². The van der Waals surface area contributed by atoms with E-state index in [1.165, 1.54) is 0 Å². The standard InChI is InChI=1S/C18H27ClN2O5/c1-18(2,3)26-17(24)20-11-7-6-10-15(16(22)23)21-25-12-13-8-4-5-9-14(13)19/h4-5,8-9,15,21H,6-7,10-12H2,1-3H3,(H,20,24)(H,22,23)/t15-/m0/s1. The van der Waals surface area contributed by atoms with Crippen molar-refractivity contribution < 1.29 is 24.3 Å². The maximum Gasteiger partial charge on any atom is 0.407 e. The van der Waals surface area contributed by atoms with Crippen LogP contribution in [0, 0.1) is 0 Å². The maximum absolute atomic E-state index is 11.5. The third kappa shape index (κ3) is 9.60. The summed E-state index contributed by atoms with van der Waals surface area (Å²) < 4.78 is 5.12. The van der Waals surface area contributed by atoms with E-state index >= 15 is 0 Å². The molecule has 146 valence electrons. The lowest BCUT2D eigenvalue weighted by Crippen LogP contribution is -2.37. The lowest BCUT2D eigenvalue weighted by Gasteiger charge is -2.19. The van der Waals surface area contributed by atoms with Gasteiger partial charge in [-0.15, -0.1) is 0 Å². The monoisotopic (exact) mass is 386 g/mol. The Hall–Kier alpha value is -1.83. The van der Waals surface area contributed by atoms with Gasteiger partial charge in [0, 0.05) is 11.6 Å². The molecule has 0 saturated carbocycles. The van der Waals surface area contributed by atoms with Crippen molar-refractivity contribution in [3.05, 3.63) is 34.9 Å². The van der Waals surface area contributed by atoms with Crippen LogP contribution in [-0.4, -0.2) is 35.4 Å². The predicted octanol–water partition coefficient (Wildman–Crippen LogP) is 3.51. The van der Waals surface area contributed by atoms with E-state index in [9.17, 15) is 14.7 Å². The van der Waals surface area contributed by atoms with Gasteiger partial charge in [-0.25, -0.2) is 4.79 Å². The van der Waals surface area contributed by atoms with Crippen LogP contribution >= 0.6 is 11.6 Å². The number of carbonyl (C=O) groups is 2. The van der Waals surface area contributed by atoms with Gasteiger partial charge in [-0.1, -0.05) is 29.8 Å². The van der Waals surface area contributed by atoms with E-state index in [0.717, 1.165) is 5.56 Å². The van der Waals surface area contributed by atoms with E-state index < -0.39 is 23.7 Å². The molecular weight excluding hydrogens is 360 g/mol. The second-order valence-corrected chi connectivity index (χ2v) is 7.22. The fourth-order valence-corrected chi connectivity index (χ4v) is 2.24. The lowest BCUT2D eigenvalue weighted by molar-refractivity contribution is -0.145. The normalized spacial score (nSPS) is 12.5. The summed E-state index contributed by atoms with van der Waals surface area (Å²) in [7, 11) is 0. The number of benzene rings is 1. The quantitative estimate of drug-likeness (QED) is 0.420. The van der Waals surface area contributed by atoms with Gasteiger partial charge in [0.2, 0.25) is 0 Å². The van der Waals surface area contributed by atoms with E-state index in [0.29, 0.717) is 30.8 Å². The summed E-state index contributed by atoms with van der Waals surface area (Å²) >= 11 is 6.02. The first kappa shape index (κ1) is 22.2. The molecule has 1 atom stereocenters. The molecule has 0 heterocycles. The van der Waals surface area contributed by atoms with E-state index in [1.807, 2.05) is 18.2 Å². The van der Waals surface area contributed by atoms with E-state index in [2.05, 4.69) is 10.8 Å². The fourth-order valence-electron chi connectivity index (χ4n) is 2.05. The van der Waals surface area contributed by atoms with Crippen LogP contribution in [0.4, 0.5) is 4.79 Å². The number of nitrogens with one attached hydrogen (secondary N) is 2. The molecule has 1 amide bonds. The Bertz CT molecular complexity index is 589. The van der Waals surface area contributed by atoms with Crippen molar-refractivity contribution in [1.29, 1.82) is 0 Å². The van der Waals surface area contributed by atoms with Crippen LogP contribution in [0.2, 0.25) is 5.02 Å². The van der Waals surface area contributed by atoms with E-state index in [4.69, 9.17) is 21.2 Å². The number of ether oxygens (including phenoxy) is 1. The average Bonchev–Trinajstić information content (AvgIpc) is 2.52. The van der Waals surface area contributed by atoms with Gasteiger partial charge in [0.05, 0.1) is 6.61 Å². The second-order valence-electron chi connectivity index (χ2n) is 6.81. The molecule has 0 spiro atoms. The summed E-state index contributed by atoms with van der Waals surface area (Å²) in [6.45, 7) is 5.96. The number of hydrogen-bond acceptors (Lipinski definition) is 5. The van der Waals surface area contributed by atoms with Crippen LogP contribution in [0.5, 0.6) is 0 Å². The van der Waals surface area contributed by atoms with Crippen LogP contribution < -0.4 is 10.8 Å². The molecule has 0 aliphatic heterocycles. The summed E-state index contributed by atoms with van der Waals surface area (Å²) in [6, 6.07) is 6.36. The molecule has 0 bridgehead atoms. The van der Waals surface area contributed by atoms with Crippen LogP contribution in [-0.2, 0) is 21.0 Å². The average molecular weight is 387 g/mol. The van der Waals surface area contributed by atoms with Crippen molar-refractivity contribution in [2.45, 2.75) is 58.3 Å². The van der Waals surface area contributed by atoms with Crippen molar-refractivity contribution in [2.24, 2.45) is 0 Å². The molecule has 7 nitrogen and oxygen atoms in total. The van der Waals surface area contributed by atoms with Crippen molar-refractivity contribution >= 4 is 23.7 Å². The summed E-state index contributed by atoms with van der Waals surface area (Å²) in [6.07, 6.45) is 1.13. The Morgan fingerprint density at radius 2 is 1.92 bits per heavy atom. The minimum atomic E-state index is -0.996. The number of carbonyl (C=O) groups excluding carboxylic acids is 1. The van der Waals surface area contributed by atoms with Crippen molar-refractivity contribution in [1.82, 2.24) is 10.8 Å². The fraction of sp³-hybridized carbons (Fsp3) is 0.556. The van der Waals surface area contributed by atoms with Crippen LogP contribution in [0.15, 0.2) is 24.3 Å². The largest absolute Gasteiger partial charge is 0.480 e. The highest BCUT2D eigenvalue weighted by Crippen LogP contribution is 2.15. The number of carboxylic acids is 1. The zero-order valence-electron chi connectivity index (χ0n) is 15.4. The van der Waals surface area contributed by atoms with Gasteiger partial charge >= 0.3 is 12.1 Å². The SMILES string of the molecule is CC(C)(C)OC(=O)NCCCC[C@H](NOCc1ccccc1Cl)C(=O)O. The van der Waals surface area contributed by atoms with Crippen LogP contribution in [0.25, 0.3) is 0 Å². The minimum Gasteiger partial charge on any atom is -0.480 e. The number of carboxylic acid groups (broad SMARTS) is 1. The first-order valence-corrected chi connectivity index (χ1v) is 8.87. The predicted molar refractivity (Wildman–Crippen MR) is 98.9 cm³/mol. The molecular formula is C18H27ClN2O5. The highest BCUT2D eigenvalue weighted by Gasteiger charge is 2.18. The van der Waals surface area contributed by atoms with Crippen molar-refractivity contribution in [3.63, 3.8) is 0 Å². The zero-order chi connectivity index (χ0) is 19.6.